The first-order valence-electron chi connectivity index (χ1n) is 9.71. The average molecular weight is 515 g/mol. The molecule has 18 heteroatoms. The van der Waals surface area contributed by atoms with Gasteiger partial charge in [0.1, 0.15) is 18.6 Å². The molecule has 3 unspecified atom stereocenters. The molecule has 2 amide bonds. The maximum absolute atomic E-state index is 10.2. The van der Waals surface area contributed by atoms with Gasteiger partial charge in [0.2, 0.25) is 0 Å². The number of carboxylic acid groups (broad SMARTS) is 4. The summed E-state index contributed by atoms with van der Waals surface area (Å²) in [5, 5.41) is 52.4. The quantitative estimate of drug-likeness (QED) is 0.0706. The van der Waals surface area contributed by atoms with Gasteiger partial charge in [0, 0.05) is 13.6 Å². The van der Waals surface area contributed by atoms with Crippen molar-refractivity contribution in [2.75, 3.05) is 33.7 Å². The molecule has 0 aliphatic rings. The van der Waals surface area contributed by atoms with E-state index in [1.807, 2.05) is 0 Å². The predicted molar refractivity (Wildman–Crippen MR) is 123 cm³/mol. The molecule has 0 aromatic heterocycles. The Kier molecular flexibility index (Phi) is 25.8. The Morgan fingerprint density at radius 3 is 1.63 bits per heavy atom. The molecule has 35 heavy (non-hydrogen) atoms. The van der Waals surface area contributed by atoms with Gasteiger partial charge in [-0.2, -0.15) is 0 Å². The van der Waals surface area contributed by atoms with Crippen LogP contribution in [0.5, 0.6) is 0 Å². The molecule has 0 aromatic rings. The number of aliphatic hydroxyl groups is 1. The van der Waals surface area contributed by atoms with E-state index in [1.165, 1.54) is 14.0 Å². The van der Waals surface area contributed by atoms with Crippen LogP contribution in [0.25, 0.3) is 0 Å². The lowest BCUT2D eigenvalue weighted by atomic mass is 10.2. The minimum Gasteiger partial charge on any atom is -0.480 e. The van der Waals surface area contributed by atoms with E-state index >= 15 is 0 Å². The molecule has 0 aliphatic heterocycles. The number of amides is 2. The van der Waals surface area contributed by atoms with Gasteiger partial charge in [-0.1, -0.05) is 0 Å². The Hall–Kier alpha value is -3.74. The molecule has 206 valence electrons. The molecule has 0 aromatic carbocycles. The van der Waals surface area contributed by atoms with Crippen molar-refractivity contribution in [3.8, 4) is 0 Å². The molecular weight excluding hydrogens is 476 g/mol. The number of hydrogen-bond acceptors (Lipinski definition) is 10. The number of likely N-dealkylation sites (N-methyl/N-ethyl adjacent to an activating group) is 2. The van der Waals surface area contributed by atoms with Gasteiger partial charge in [0.05, 0.1) is 12.6 Å². The summed E-state index contributed by atoms with van der Waals surface area (Å²) in [4.78, 5) is 50.8. The van der Waals surface area contributed by atoms with Crippen LogP contribution < -0.4 is 33.6 Å². The Morgan fingerprint density at radius 1 is 0.971 bits per heavy atom. The highest BCUT2D eigenvalue weighted by molar-refractivity contribution is 5.80. The maximum Gasteiger partial charge on any atom is 0.323 e. The fourth-order valence-corrected chi connectivity index (χ4v) is 1.30. The second kappa shape index (κ2) is 23.4. The van der Waals surface area contributed by atoms with Gasteiger partial charge in [-0.3, -0.25) is 24.6 Å². The minimum atomic E-state index is -1.18. The molecule has 0 spiro atoms. The Morgan fingerprint density at radius 2 is 1.46 bits per heavy atom. The molecule has 16 N–H and O–H groups in total. The van der Waals surface area contributed by atoms with Gasteiger partial charge in [-0.05, 0) is 26.8 Å². The van der Waals surface area contributed by atoms with Crippen LogP contribution in [0.2, 0.25) is 0 Å². The number of carboxylic acids is 4. The highest BCUT2D eigenvalue weighted by atomic mass is 16.4. The Labute approximate surface area is 201 Å². The standard InChI is InChI=1S/C6H13N3O3.C4H9N3O2.C4H9NO3.C3H7NO2/c7-4(5(10)11)2-1-3-9-6(8)12;1-7(4(5)6)2-3(8)9;1-2(6)3(5)4(7)8;1-4-2-3(5)6/h4H,1-3,7H2,(H,10,11)(H3,8,9,12);2H2,1H3,(H3,5,6)(H,8,9);2-3,6H,5H2,1H3,(H,7,8);4H,2H2,1H3,(H,5,6). The van der Waals surface area contributed by atoms with Crippen LogP contribution in [-0.4, -0.2) is 118 Å². The summed E-state index contributed by atoms with van der Waals surface area (Å²) in [7, 11) is 3.03. The number of guanidine groups is 1. The molecular formula is C17H38N8O10. The van der Waals surface area contributed by atoms with Crippen molar-refractivity contribution in [2.24, 2.45) is 22.9 Å². The van der Waals surface area contributed by atoms with E-state index in [4.69, 9.17) is 53.9 Å². The zero-order chi connectivity index (χ0) is 28.7. The first-order valence-corrected chi connectivity index (χ1v) is 9.71. The molecule has 0 rings (SSSR count). The van der Waals surface area contributed by atoms with Crippen LogP contribution in [0.3, 0.4) is 0 Å². The number of nitrogens with two attached hydrogens (primary N) is 4. The molecule has 0 radical (unpaired) electrons. The summed E-state index contributed by atoms with van der Waals surface area (Å²) in [6, 6.07) is -2.63. The Bertz CT molecular complexity index is 663. The lowest BCUT2D eigenvalue weighted by Gasteiger charge is -2.12. The van der Waals surface area contributed by atoms with E-state index in [2.05, 4.69) is 10.6 Å². The zero-order valence-corrected chi connectivity index (χ0v) is 19.8. The molecule has 18 nitrogen and oxygen atoms in total. The zero-order valence-electron chi connectivity index (χ0n) is 19.8. The van der Waals surface area contributed by atoms with Gasteiger partial charge < -0.3 is 64.0 Å². The SMILES string of the molecule is CC(O)C(N)C(=O)O.CN(CC(=O)O)C(=N)N.CNCC(=O)O.NC(=O)NCCCC(N)C(=O)O. The van der Waals surface area contributed by atoms with Crippen LogP contribution in [0.1, 0.15) is 19.8 Å². The topological polar surface area (TPSA) is 342 Å². The van der Waals surface area contributed by atoms with Gasteiger partial charge in [0.25, 0.3) is 0 Å². The Balaban J connectivity index is -0.000000189. The number of nitrogens with one attached hydrogen (secondary N) is 3. The summed E-state index contributed by atoms with van der Waals surface area (Å²) in [5.74, 6) is -4.27. The van der Waals surface area contributed by atoms with Crippen molar-refractivity contribution in [1.82, 2.24) is 15.5 Å². The summed E-state index contributed by atoms with van der Waals surface area (Å²) in [5.41, 5.74) is 19.8. The largest absolute Gasteiger partial charge is 0.480 e. The third-order valence-corrected chi connectivity index (χ3v) is 3.22. The number of primary amides is 1. The summed E-state index contributed by atoms with van der Waals surface area (Å²) >= 11 is 0. The number of carbonyl (C=O) groups is 5. The molecule has 0 aliphatic carbocycles. The highest BCUT2D eigenvalue weighted by Gasteiger charge is 2.16. The number of urea groups is 1. The lowest BCUT2D eigenvalue weighted by molar-refractivity contribution is -0.141. The van der Waals surface area contributed by atoms with Gasteiger partial charge in [-0.25, -0.2) is 4.79 Å². The maximum atomic E-state index is 10.2. The second-order valence-electron chi connectivity index (χ2n) is 6.54. The number of carbonyl (C=O) groups excluding carboxylic acids is 1. The summed E-state index contributed by atoms with van der Waals surface area (Å²) in [6.07, 6.45) is -0.140. The number of aliphatic carboxylic acids is 4. The molecule has 0 saturated carbocycles. The van der Waals surface area contributed by atoms with Crippen LogP contribution >= 0.6 is 0 Å². The van der Waals surface area contributed by atoms with E-state index in [1.54, 1.807) is 7.05 Å². The highest BCUT2D eigenvalue weighted by Crippen LogP contribution is 1.92. The van der Waals surface area contributed by atoms with Crippen molar-refractivity contribution in [2.45, 2.75) is 38.0 Å². The van der Waals surface area contributed by atoms with Crippen molar-refractivity contribution in [1.29, 1.82) is 5.41 Å². The van der Waals surface area contributed by atoms with Crippen LogP contribution in [0, 0.1) is 5.41 Å². The number of nitrogens with zero attached hydrogens (tertiary/aromatic N) is 1. The second-order valence-corrected chi connectivity index (χ2v) is 6.54. The van der Waals surface area contributed by atoms with Gasteiger partial charge in [0.15, 0.2) is 5.96 Å². The average Bonchev–Trinajstić information content (AvgIpc) is 2.70. The predicted octanol–water partition coefficient (Wildman–Crippen LogP) is -4.19. The van der Waals surface area contributed by atoms with E-state index < -0.39 is 48.1 Å². The van der Waals surface area contributed by atoms with Crippen molar-refractivity contribution < 1.29 is 49.5 Å². The van der Waals surface area contributed by atoms with Crippen molar-refractivity contribution in [3.05, 3.63) is 0 Å². The van der Waals surface area contributed by atoms with Crippen molar-refractivity contribution >= 4 is 35.9 Å². The van der Waals surface area contributed by atoms with E-state index in [0.717, 1.165) is 4.90 Å². The van der Waals surface area contributed by atoms with Crippen LogP contribution in [-0.2, 0) is 19.2 Å². The fraction of sp³-hybridized carbons (Fsp3) is 0.647. The monoisotopic (exact) mass is 514 g/mol. The lowest BCUT2D eigenvalue weighted by Crippen LogP contribution is -2.39. The number of rotatable bonds is 11. The first kappa shape index (κ1) is 38.5. The van der Waals surface area contributed by atoms with E-state index in [9.17, 15) is 24.0 Å². The van der Waals surface area contributed by atoms with E-state index in [-0.39, 0.29) is 19.0 Å². The minimum absolute atomic E-state index is 0.0417. The summed E-state index contributed by atoms with van der Waals surface area (Å²) in [6.45, 7) is 1.50. The van der Waals surface area contributed by atoms with Gasteiger partial charge in [-0.15, -0.1) is 0 Å². The van der Waals surface area contributed by atoms with E-state index in [0.29, 0.717) is 19.4 Å². The fourth-order valence-electron chi connectivity index (χ4n) is 1.30. The van der Waals surface area contributed by atoms with Crippen molar-refractivity contribution in [3.63, 3.8) is 0 Å². The molecule has 0 bridgehead atoms. The van der Waals surface area contributed by atoms with Gasteiger partial charge >= 0.3 is 29.9 Å². The molecule has 0 heterocycles. The molecule has 3 atom stereocenters. The third-order valence-electron chi connectivity index (χ3n) is 3.22. The third kappa shape index (κ3) is 35.0. The summed E-state index contributed by atoms with van der Waals surface area (Å²) < 4.78 is 0. The molecule has 0 fully saturated rings. The number of aliphatic hydroxyl groups excluding tert-OH is 1. The number of hydrogen-bond donors (Lipinski definition) is 12. The normalized spacial score (nSPS) is 11.7. The first-order chi connectivity index (χ1) is 15.9. The van der Waals surface area contributed by atoms with Crippen LogP contribution in [0.15, 0.2) is 0 Å². The smallest absolute Gasteiger partial charge is 0.323 e. The van der Waals surface area contributed by atoms with Crippen LogP contribution in [0.4, 0.5) is 4.79 Å². The molecule has 0 saturated heterocycles.